The summed E-state index contributed by atoms with van der Waals surface area (Å²) in [6, 6.07) is 4.86. The van der Waals surface area contributed by atoms with Crippen LogP contribution in [0.5, 0.6) is 0 Å². The van der Waals surface area contributed by atoms with Crippen LogP contribution in [0.25, 0.3) is 11.0 Å². The number of likely N-dealkylation sites (tertiary alicyclic amines) is 1. The zero-order valence-corrected chi connectivity index (χ0v) is 14.5. The van der Waals surface area contributed by atoms with E-state index in [9.17, 15) is 4.39 Å². The lowest BCUT2D eigenvalue weighted by molar-refractivity contribution is 0.149. The second-order valence-corrected chi connectivity index (χ2v) is 6.77. The topological polar surface area (TPSA) is 51.8 Å². The molecule has 0 unspecified atom stereocenters. The fourth-order valence-corrected chi connectivity index (χ4v) is 3.86. The van der Waals surface area contributed by atoms with Crippen molar-refractivity contribution in [1.82, 2.24) is 29.2 Å². The van der Waals surface area contributed by atoms with E-state index in [0.717, 1.165) is 49.6 Å². The van der Waals surface area contributed by atoms with Gasteiger partial charge >= 0.3 is 0 Å². The molecule has 1 saturated heterocycles. The third-order valence-corrected chi connectivity index (χ3v) is 4.99. The van der Waals surface area contributed by atoms with E-state index in [1.165, 1.54) is 25.0 Å². The van der Waals surface area contributed by atoms with Crippen LogP contribution in [-0.4, -0.2) is 42.3 Å². The molecule has 1 atom stereocenters. The van der Waals surface area contributed by atoms with Gasteiger partial charge in [-0.25, -0.2) is 14.4 Å². The molecule has 1 aromatic carbocycles. The molecule has 0 spiro atoms. The van der Waals surface area contributed by atoms with Gasteiger partial charge in [-0.2, -0.15) is 5.10 Å². The molecule has 132 valence electrons. The van der Waals surface area contributed by atoms with Crippen molar-refractivity contribution in [3.63, 3.8) is 0 Å². The van der Waals surface area contributed by atoms with Gasteiger partial charge in [-0.3, -0.25) is 9.58 Å². The number of benzene rings is 1. The van der Waals surface area contributed by atoms with Crippen molar-refractivity contribution in [1.29, 1.82) is 0 Å². The van der Waals surface area contributed by atoms with Gasteiger partial charge in [0.25, 0.3) is 0 Å². The summed E-state index contributed by atoms with van der Waals surface area (Å²) in [5, 5.41) is 4.22. The SMILES string of the molecule is CCn1c(CN2CCC[C@H](Cn3cncn3)C2)nc2cc(F)ccc21. The average Bonchev–Trinajstić information content (AvgIpc) is 3.22. The van der Waals surface area contributed by atoms with E-state index in [4.69, 9.17) is 4.98 Å². The summed E-state index contributed by atoms with van der Waals surface area (Å²) in [7, 11) is 0. The number of rotatable bonds is 5. The molecule has 25 heavy (non-hydrogen) atoms. The maximum Gasteiger partial charge on any atom is 0.137 e. The minimum Gasteiger partial charge on any atom is -0.327 e. The number of nitrogens with zero attached hydrogens (tertiary/aromatic N) is 6. The lowest BCUT2D eigenvalue weighted by atomic mass is 9.98. The van der Waals surface area contributed by atoms with Crippen molar-refractivity contribution in [3.05, 3.63) is 42.5 Å². The first-order valence-corrected chi connectivity index (χ1v) is 8.92. The third kappa shape index (κ3) is 3.42. The van der Waals surface area contributed by atoms with Crippen molar-refractivity contribution in [2.75, 3.05) is 13.1 Å². The highest BCUT2D eigenvalue weighted by Gasteiger charge is 2.22. The zero-order chi connectivity index (χ0) is 17.2. The van der Waals surface area contributed by atoms with Crippen molar-refractivity contribution >= 4 is 11.0 Å². The Bertz CT molecular complexity index is 841. The van der Waals surface area contributed by atoms with E-state index in [0.29, 0.717) is 5.92 Å². The van der Waals surface area contributed by atoms with E-state index in [-0.39, 0.29) is 5.82 Å². The second-order valence-electron chi connectivity index (χ2n) is 6.77. The zero-order valence-electron chi connectivity index (χ0n) is 14.5. The van der Waals surface area contributed by atoms with Crippen LogP contribution in [0.3, 0.4) is 0 Å². The van der Waals surface area contributed by atoms with Gasteiger partial charge in [0.1, 0.15) is 24.3 Å². The van der Waals surface area contributed by atoms with Crippen LogP contribution >= 0.6 is 0 Å². The molecular formula is C18H23FN6. The predicted octanol–water partition coefficient (Wildman–Crippen LogP) is 2.70. The van der Waals surface area contributed by atoms with E-state index in [2.05, 4.69) is 26.5 Å². The maximum absolute atomic E-state index is 13.5. The molecule has 3 heterocycles. The highest BCUT2D eigenvalue weighted by molar-refractivity contribution is 5.76. The molecule has 6 nitrogen and oxygen atoms in total. The quantitative estimate of drug-likeness (QED) is 0.715. The maximum atomic E-state index is 13.5. The molecule has 0 bridgehead atoms. The number of hydrogen-bond donors (Lipinski definition) is 0. The van der Waals surface area contributed by atoms with Crippen LogP contribution in [0.15, 0.2) is 30.9 Å². The number of fused-ring (bicyclic) bond motifs is 1. The van der Waals surface area contributed by atoms with Gasteiger partial charge in [0.05, 0.1) is 17.6 Å². The lowest BCUT2D eigenvalue weighted by Crippen LogP contribution is -2.37. The van der Waals surface area contributed by atoms with E-state index < -0.39 is 0 Å². The number of piperidine rings is 1. The average molecular weight is 342 g/mol. The molecule has 1 aliphatic rings. The summed E-state index contributed by atoms with van der Waals surface area (Å²) < 4.78 is 17.6. The number of halogens is 1. The van der Waals surface area contributed by atoms with Gasteiger partial charge in [-0.15, -0.1) is 0 Å². The molecule has 4 rings (SSSR count). The molecule has 0 aliphatic carbocycles. The van der Waals surface area contributed by atoms with Crippen LogP contribution in [0, 0.1) is 11.7 Å². The van der Waals surface area contributed by atoms with E-state index in [1.54, 1.807) is 12.7 Å². The first-order valence-electron chi connectivity index (χ1n) is 8.92. The number of aromatic nitrogens is 5. The smallest absolute Gasteiger partial charge is 0.137 e. The largest absolute Gasteiger partial charge is 0.327 e. The molecule has 0 amide bonds. The highest BCUT2D eigenvalue weighted by atomic mass is 19.1. The van der Waals surface area contributed by atoms with Crippen molar-refractivity contribution in [2.45, 2.75) is 39.4 Å². The van der Waals surface area contributed by atoms with Crippen molar-refractivity contribution in [3.8, 4) is 0 Å². The lowest BCUT2D eigenvalue weighted by Gasteiger charge is -2.32. The van der Waals surface area contributed by atoms with Crippen molar-refractivity contribution in [2.24, 2.45) is 5.92 Å². The minimum atomic E-state index is -0.231. The summed E-state index contributed by atoms with van der Waals surface area (Å²) in [4.78, 5) is 11.2. The van der Waals surface area contributed by atoms with Gasteiger partial charge in [-0.1, -0.05) is 0 Å². The molecule has 0 N–H and O–H groups in total. The fraction of sp³-hybridized carbons (Fsp3) is 0.500. The molecule has 1 aliphatic heterocycles. The summed E-state index contributed by atoms with van der Waals surface area (Å²) in [6.07, 6.45) is 5.76. The molecule has 0 saturated carbocycles. The summed E-state index contributed by atoms with van der Waals surface area (Å²) in [5.74, 6) is 1.36. The van der Waals surface area contributed by atoms with Crippen LogP contribution in [0.2, 0.25) is 0 Å². The Morgan fingerprint density at radius 2 is 2.24 bits per heavy atom. The third-order valence-electron chi connectivity index (χ3n) is 4.99. The van der Waals surface area contributed by atoms with E-state index in [1.807, 2.05) is 10.7 Å². The Kier molecular flexibility index (Phi) is 4.48. The first kappa shape index (κ1) is 16.2. The van der Waals surface area contributed by atoms with Gasteiger partial charge in [0.15, 0.2) is 0 Å². The molecule has 7 heteroatoms. The van der Waals surface area contributed by atoms with Gasteiger partial charge < -0.3 is 4.57 Å². The number of imidazole rings is 1. The standard InChI is InChI=1S/C18H23FN6/c1-2-25-17-6-5-15(19)8-16(17)22-18(25)11-23-7-3-4-14(9-23)10-24-13-20-12-21-24/h5-6,8,12-14H,2-4,7,9-11H2,1H3/t14-/m0/s1. The Hall–Kier alpha value is -2.28. The minimum absolute atomic E-state index is 0.231. The van der Waals surface area contributed by atoms with Crippen molar-refractivity contribution < 1.29 is 4.39 Å². The fourth-order valence-electron chi connectivity index (χ4n) is 3.86. The monoisotopic (exact) mass is 342 g/mol. The molecule has 0 radical (unpaired) electrons. The number of aryl methyl sites for hydroxylation is 1. The van der Waals surface area contributed by atoms with Crippen LogP contribution < -0.4 is 0 Å². The summed E-state index contributed by atoms with van der Waals surface area (Å²) >= 11 is 0. The van der Waals surface area contributed by atoms with Crippen LogP contribution in [0.1, 0.15) is 25.6 Å². The molecule has 1 fully saturated rings. The predicted molar refractivity (Wildman–Crippen MR) is 93.4 cm³/mol. The summed E-state index contributed by atoms with van der Waals surface area (Å²) in [5.41, 5.74) is 1.75. The van der Waals surface area contributed by atoms with Crippen LogP contribution in [-0.2, 0) is 19.6 Å². The highest BCUT2D eigenvalue weighted by Crippen LogP contribution is 2.22. The molecule has 3 aromatic rings. The van der Waals surface area contributed by atoms with Crippen LogP contribution in [0.4, 0.5) is 4.39 Å². The first-order chi connectivity index (χ1) is 12.2. The molecule has 2 aromatic heterocycles. The number of hydrogen-bond acceptors (Lipinski definition) is 4. The summed E-state index contributed by atoms with van der Waals surface area (Å²) in [6.45, 7) is 6.77. The van der Waals surface area contributed by atoms with Gasteiger partial charge in [0, 0.05) is 25.7 Å². The Morgan fingerprint density at radius 1 is 1.32 bits per heavy atom. The molecular weight excluding hydrogens is 319 g/mol. The Labute approximate surface area is 146 Å². The normalized spacial score (nSPS) is 18.9. The second kappa shape index (κ2) is 6.92. The Balaban J connectivity index is 1.50. The van der Waals surface area contributed by atoms with E-state index >= 15 is 0 Å². The van der Waals surface area contributed by atoms with Gasteiger partial charge in [-0.05, 0) is 44.4 Å². The van der Waals surface area contributed by atoms with Gasteiger partial charge in [0.2, 0.25) is 0 Å². The Morgan fingerprint density at radius 3 is 3.04 bits per heavy atom.